The van der Waals surface area contributed by atoms with Crippen LogP contribution in [0.5, 0.6) is 0 Å². The van der Waals surface area contributed by atoms with E-state index in [0.29, 0.717) is 0 Å². The molecule has 0 aromatic carbocycles. The highest BCUT2D eigenvalue weighted by atomic mass is 16.1. The molecule has 1 rings (SSSR count). The minimum absolute atomic E-state index is 0.0665. The maximum absolute atomic E-state index is 11.2. The van der Waals surface area contributed by atoms with E-state index in [1.165, 1.54) is 0 Å². The van der Waals surface area contributed by atoms with Gasteiger partial charge in [-0.3, -0.25) is 14.6 Å². The third-order valence-electron chi connectivity index (χ3n) is 1.70. The molecule has 0 saturated carbocycles. The predicted octanol–water partition coefficient (Wildman–Crippen LogP) is 1.32. The van der Waals surface area contributed by atoms with E-state index in [1.807, 2.05) is 20.8 Å². The first-order valence-corrected chi connectivity index (χ1v) is 3.95. The summed E-state index contributed by atoms with van der Waals surface area (Å²) in [5, 5.41) is 3.03. The number of hydrogen-bond donors (Lipinski definition) is 1. The number of aromatic amines is 1. The lowest BCUT2D eigenvalue weighted by molar-refractivity contribution is 0.512. The highest BCUT2D eigenvalue weighted by Crippen LogP contribution is 1.99. The molecule has 1 N–H and O–H groups in total. The maximum atomic E-state index is 11.2. The molecule has 0 aliphatic carbocycles. The summed E-state index contributed by atoms with van der Waals surface area (Å²) in [5.41, 5.74) is 1.07. The number of H-pyrrole nitrogens is 1. The quantitative estimate of drug-likeness (QED) is 0.685. The van der Waals surface area contributed by atoms with Crippen LogP contribution in [-0.2, 0) is 6.42 Å². The molecule has 0 amide bonds. The number of aromatic nitrogens is 2. The van der Waals surface area contributed by atoms with Gasteiger partial charge in [0.15, 0.2) is 0 Å². The summed E-state index contributed by atoms with van der Waals surface area (Å²) in [4.78, 5) is 11.2. The Morgan fingerprint density at radius 1 is 1.64 bits per heavy atom. The van der Waals surface area contributed by atoms with Gasteiger partial charge in [-0.25, -0.2) is 0 Å². The molecule has 0 radical (unpaired) electrons. The van der Waals surface area contributed by atoms with Crippen molar-refractivity contribution in [2.24, 2.45) is 0 Å². The van der Waals surface area contributed by atoms with Crippen molar-refractivity contribution in [1.82, 2.24) is 9.78 Å². The van der Waals surface area contributed by atoms with Crippen molar-refractivity contribution in [3.63, 3.8) is 0 Å². The number of nitrogens with one attached hydrogen (secondary N) is 1. The minimum atomic E-state index is 0.0665. The molecule has 0 saturated heterocycles. The smallest absolute Gasteiger partial charge is 0.266 e. The van der Waals surface area contributed by atoms with Gasteiger partial charge in [0.1, 0.15) is 0 Å². The first-order chi connectivity index (χ1) is 5.15. The van der Waals surface area contributed by atoms with Crippen LogP contribution in [0, 0.1) is 0 Å². The van der Waals surface area contributed by atoms with E-state index in [9.17, 15) is 4.79 Å². The topological polar surface area (TPSA) is 37.8 Å². The van der Waals surface area contributed by atoms with E-state index in [2.05, 4.69) is 5.10 Å². The third-order valence-corrected chi connectivity index (χ3v) is 1.70. The van der Waals surface area contributed by atoms with E-state index < -0.39 is 0 Å². The van der Waals surface area contributed by atoms with Crippen LogP contribution < -0.4 is 5.56 Å². The van der Waals surface area contributed by atoms with E-state index in [0.717, 1.165) is 12.1 Å². The molecule has 0 bridgehead atoms. The lowest BCUT2D eigenvalue weighted by Crippen LogP contribution is -2.17. The fourth-order valence-corrected chi connectivity index (χ4v) is 1.03. The molecule has 3 heteroatoms. The van der Waals surface area contributed by atoms with Gasteiger partial charge in [0.05, 0.1) is 0 Å². The Labute approximate surface area is 66.0 Å². The van der Waals surface area contributed by atoms with Crippen LogP contribution in [0.2, 0.25) is 0 Å². The average Bonchev–Trinajstić information content (AvgIpc) is 2.30. The molecule has 0 aliphatic rings. The van der Waals surface area contributed by atoms with Gasteiger partial charge in [-0.1, -0.05) is 6.92 Å². The lowest BCUT2D eigenvalue weighted by Gasteiger charge is -2.03. The summed E-state index contributed by atoms with van der Waals surface area (Å²) in [6.07, 6.45) is 0.884. The number of rotatable bonds is 2. The molecule has 3 nitrogen and oxygen atoms in total. The Kier molecular flexibility index (Phi) is 2.17. The molecular weight excluding hydrogens is 140 g/mol. The lowest BCUT2D eigenvalue weighted by atomic mass is 10.3. The van der Waals surface area contributed by atoms with Crippen molar-refractivity contribution in [2.75, 3.05) is 0 Å². The Hall–Kier alpha value is -0.990. The zero-order valence-corrected chi connectivity index (χ0v) is 7.22. The van der Waals surface area contributed by atoms with Gasteiger partial charge < -0.3 is 0 Å². The van der Waals surface area contributed by atoms with Gasteiger partial charge >= 0.3 is 0 Å². The normalized spacial score (nSPS) is 10.9. The van der Waals surface area contributed by atoms with Crippen molar-refractivity contribution in [1.29, 1.82) is 0 Å². The summed E-state index contributed by atoms with van der Waals surface area (Å²) >= 11 is 0. The molecule has 0 spiro atoms. The monoisotopic (exact) mass is 154 g/mol. The van der Waals surface area contributed by atoms with Crippen LogP contribution in [0.15, 0.2) is 10.9 Å². The largest absolute Gasteiger partial charge is 0.299 e. The average molecular weight is 154 g/mol. The molecular formula is C8H14N2O. The van der Waals surface area contributed by atoms with E-state index >= 15 is 0 Å². The van der Waals surface area contributed by atoms with Crippen LogP contribution >= 0.6 is 0 Å². The van der Waals surface area contributed by atoms with Crippen LogP contribution in [-0.4, -0.2) is 9.78 Å². The van der Waals surface area contributed by atoms with Gasteiger partial charge in [0.2, 0.25) is 0 Å². The zero-order chi connectivity index (χ0) is 8.43. The second-order valence-electron chi connectivity index (χ2n) is 2.94. The zero-order valence-electron chi connectivity index (χ0n) is 7.22. The fraction of sp³-hybridized carbons (Fsp3) is 0.625. The number of nitrogens with zero attached hydrogens (tertiary/aromatic N) is 1. The predicted molar refractivity (Wildman–Crippen MR) is 44.8 cm³/mol. The SMILES string of the molecule is CCc1cc(=O)n(C(C)C)[nH]1. The van der Waals surface area contributed by atoms with Crippen molar-refractivity contribution in [2.45, 2.75) is 33.2 Å². The summed E-state index contributed by atoms with van der Waals surface area (Å²) in [5.74, 6) is 0. The van der Waals surface area contributed by atoms with Crippen molar-refractivity contribution in [3.05, 3.63) is 22.1 Å². The van der Waals surface area contributed by atoms with Crippen molar-refractivity contribution >= 4 is 0 Å². The number of hydrogen-bond acceptors (Lipinski definition) is 1. The maximum Gasteiger partial charge on any atom is 0.266 e. The Morgan fingerprint density at radius 3 is 2.55 bits per heavy atom. The van der Waals surface area contributed by atoms with E-state index in [-0.39, 0.29) is 11.6 Å². The van der Waals surface area contributed by atoms with Crippen LogP contribution in [0.25, 0.3) is 0 Å². The van der Waals surface area contributed by atoms with Crippen LogP contribution in [0.3, 0.4) is 0 Å². The molecule has 0 fully saturated rings. The standard InChI is InChI=1S/C8H14N2O/c1-4-7-5-8(11)10(9-7)6(2)3/h5-6,9H,4H2,1-3H3. The van der Waals surface area contributed by atoms with Crippen LogP contribution in [0.4, 0.5) is 0 Å². The first-order valence-electron chi connectivity index (χ1n) is 3.95. The summed E-state index contributed by atoms with van der Waals surface area (Å²) in [6, 6.07) is 1.88. The second-order valence-corrected chi connectivity index (χ2v) is 2.94. The van der Waals surface area contributed by atoms with Gasteiger partial charge in [0, 0.05) is 17.8 Å². The Balaban J connectivity index is 3.07. The highest BCUT2D eigenvalue weighted by molar-refractivity contribution is 4.99. The Bertz CT molecular complexity index is 283. The fourth-order valence-electron chi connectivity index (χ4n) is 1.03. The van der Waals surface area contributed by atoms with E-state index in [1.54, 1.807) is 10.7 Å². The molecule has 1 aromatic rings. The van der Waals surface area contributed by atoms with Crippen molar-refractivity contribution in [3.8, 4) is 0 Å². The number of aryl methyl sites for hydroxylation is 1. The molecule has 11 heavy (non-hydrogen) atoms. The molecule has 62 valence electrons. The molecule has 0 unspecified atom stereocenters. The summed E-state index contributed by atoms with van der Waals surface area (Å²) < 4.78 is 1.64. The highest BCUT2D eigenvalue weighted by Gasteiger charge is 2.03. The minimum Gasteiger partial charge on any atom is -0.299 e. The van der Waals surface area contributed by atoms with Gasteiger partial charge in [-0.2, -0.15) is 0 Å². The van der Waals surface area contributed by atoms with Gasteiger partial charge in [0.25, 0.3) is 5.56 Å². The summed E-state index contributed by atoms with van der Waals surface area (Å²) in [7, 11) is 0. The molecule has 1 heterocycles. The molecule has 1 aromatic heterocycles. The van der Waals surface area contributed by atoms with Crippen molar-refractivity contribution < 1.29 is 0 Å². The summed E-state index contributed by atoms with van der Waals surface area (Å²) in [6.45, 7) is 5.99. The Morgan fingerprint density at radius 2 is 2.27 bits per heavy atom. The van der Waals surface area contributed by atoms with E-state index in [4.69, 9.17) is 0 Å². The molecule has 0 aliphatic heterocycles. The van der Waals surface area contributed by atoms with Crippen LogP contribution in [0.1, 0.15) is 32.5 Å². The third kappa shape index (κ3) is 1.53. The van der Waals surface area contributed by atoms with Gasteiger partial charge in [-0.15, -0.1) is 0 Å². The van der Waals surface area contributed by atoms with Gasteiger partial charge in [-0.05, 0) is 20.3 Å². The first kappa shape index (κ1) is 8.11. The molecule has 0 atom stereocenters. The second kappa shape index (κ2) is 2.95.